The number of rotatable bonds is 6. The van der Waals surface area contributed by atoms with Crippen LogP contribution in [-0.4, -0.2) is 35.3 Å². The van der Waals surface area contributed by atoms with Crippen molar-refractivity contribution in [2.75, 3.05) is 19.5 Å². The highest BCUT2D eigenvalue weighted by Gasteiger charge is 2.20. The van der Waals surface area contributed by atoms with Gasteiger partial charge in [0.15, 0.2) is 5.82 Å². The van der Waals surface area contributed by atoms with Crippen LogP contribution in [0.1, 0.15) is 42.9 Å². The Morgan fingerprint density at radius 1 is 1.29 bits per heavy atom. The van der Waals surface area contributed by atoms with Crippen LogP contribution < -0.4 is 14.8 Å². The van der Waals surface area contributed by atoms with E-state index in [0.29, 0.717) is 28.9 Å². The molecule has 0 spiro atoms. The van der Waals surface area contributed by atoms with Gasteiger partial charge >= 0.3 is 0 Å². The smallest absolute Gasteiger partial charge is 0.230 e. The number of ether oxygens (including phenoxy) is 2. The van der Waals surface area contributed by atoms with Gasteiger partial charge in [-0.1, -0.05) is 12.8 Å². The molecular formula is C17H22N4O3. The fourth-order valence-corrected chi connectivity index (χ4v) is 3.10. The molecule has 1 aliphatic carbocycles. The second kappa shape index (κ2) is 7.33. The van der Waals surface area contributed by atoms with Crippen molar-refractivity contribution in [3.05, 3.63) is 29.6 Å². The highest BCUT2D eigenvalue weighted by atomic mass is 16.5. The van der Waals surface area contributed by atoms with Crippen molar-refractivity contribution in [1.82, 2.24) is 15.2 Å². The van der Waals surface area contributed by atoms with Crippen LogP contribution in [-0.2, 0) is 11.2 Å². The molecule has 0 unspecified atom stereocenters. The minimum Gasteiger partial charge on any atom is -0.495 e. The topological polar surface area (TPSA) is 89.1 Å². The Balaban J connectivity index is 1.65. The third-order valence-corrected chi connectivity index (χ3v) is 4.36. The fraction of sp³-hybridized carbons (Fsp3) is 0.471. The molecule has 3 rings (SSSR count). The van der Waals surface area contributed by atoms with E-state index >= 15 is 0 Å². The number of carbonyl (C=O) groups is 1. The molecule has 7 heteroatoms. The van der Waals surface area contributed by atoms with Gasteiger partial charge in [0.05, 0.1) is 26.8 Å². The van der Waals surface area contributed by atoms with E-state index in [1.165, 1.54) is 32.8 Å². The first-order valence-corrected chi connectivity index (χ1v) is 8.11. The van der Waals surface area contributed by atoms with E-state index < -0.39 is 0 Å². The SMILES string of the molecule is COc1cc(CC(=O)Nc2cc(C3CCCC3)[nH]n2)c(OC)cn1. The predicted molar refractivity (Wildman–Crippen MR) is 89.5 cm³/mol. The zero-order chi connectivity index (χ0) is 16.9. The number of aromatic amines is 1. The lowest BCUT2D eigenvalue weighted by atomic mass is 10.0. The van der Waals surface area contributed by atoms with Crippen LogP contribution >= 0.6 is 0 Å². The Labute approximate surface area is 140 Å². The number of anilines is 1. The number of hydrogen-bond acceptors (Lipinski definition) is 5. The minimum absolute atomic E-state index is 0.160. The summed E-state index contributed by atoms with van der Waals surface area (Å²) in [5.74, 6) is 1.93. The van der Waals surface area contributed by atoms with Gasteiger partial charge in [-0.05, 0) is 12.8 Å². The Bertz CT molecular complexity index is 708. The Morgan fingerprint density at radius 3 is 2.79 bits per heavy atom. The zero-order valence-corrected chi connectivity index (χ0v) is 14.0. The lowest BCUT2D eigenvalue weighted by molar-refractivity contribution is -0.115. The van der Waals surface area contributed by atoms with E-state index in [0.717, 1.165) is 5.69 Å². The molecule has 2 heterocycles. The van der Waals surface area contributed by atoms with Gasteiger partial charge in [-0.15, -0.1) is 0 Å². The largest absolute Gasteiger partial charge is 0.495 e. The highest BCUT2D eigenvalue weighted by molar-refractivity contribution is 5.91. The molecule has 1 amide bonds. The first-order chi connectivity index (χ1) is 11.7. The number of pyridine rings is 1. The molecule has 0 saturated heterocycles. The van der Waals surface area contributed by atoms with Gasteiger partial charge in [0.1, 0.15) is 5.75 Å². The number of nitrogens with zero attached hydrogens (tertiary/aromatic N) is 2. The fourth-order valence-electron chi connectivity index (χ4n) is 3.10. The van der Waals surface area contributed by atoms with Crippen LogP contribution in [0.3, 0.4) is 0 Å². The summed E-state index contributed by atoms with van der Waals surface area (Å²) in [6.07, 6.45) is 6.60. The molecule has 1 fully saturated rings. The molecule has 0 bridgehead atoms. The second-order valence-electron chi connectivity index (χ2n) is 5.95. The van der Waals surface area contributed by atoms with Crippen LogP contribution in [0.4, 0.5) is 5.82 Å². The average Bonchev–Trinajstić information content (AvgIpc) is 3.25. The lowest BCUT2D eigenvalue weighted by Crippen LogP contribution is -2.15. The number of H-pyrrole nitrogens is 1. The summed E-state index contributed by atoms with van der Waals surface area (Å²) < 4.78 is 10.3. The average molecular weight is 330 g/mol. The van der Waals surface area contributed by atoms with E-state index in [-0.39, 0.29) is 12.3 Å². The maximum atomic E-state index is 12.3. The van der Waals surface area contributed by atoms with Crippen molar-refractivity contribution in [2.45, 2.75) is 38.0 Å². The molecular weight excluding hydrogens is 308 g/mol. The first-order valence-electron chi connectivity index (χ1n) is 8.11. The summed E-state index contributed by atoms with van der Waals surface area (Å²) in [5.41, 5.74) is 1.82. The van der Waals surface area contributed by atoms with Crippen molar-refractivity contribution >= 4 is 11.7 Å². The van der Waals surface area contributed by atoms with E-state index in [2.05, 4.69) is 20.5 Å². The molecule has 128 valence electrons. The van der Waals surface area contributed by atoms with E-state index in [1.807, 2.05) is 6.07 Å². The standard InChI is InChI=1S/C17H22N4O3/c1-23-14-10-18-17(24-2)8-12(14)7-16(22)19-15-9-13(20-21-15)11-5-3-4-6-11/h8-11H,3-7H2,1-2H3,(H2,19,20,21,22). The lowest BCUT2D eigenvalue weighted by Gasteiger charge is -2.09. The Hall–Kier alpha value is -2.57. The molecule has 0 aromatic carbocycles. The summed E-state index contributed by atoms with van der Waals surface area (Å²) in [4.78, 5) is 16.4. The van der Waals surface area contributed by atoms with Crippen molar-refractivity contribution in [2.24, 2.45) is 0 Å². The molecule has 0 radical (unpaired) electrons. The molecule has 1 aliphatic rings. The van der Waals surface area contributed by atoms with Crippen molar-refractivity contribution in [3.63, 3.8) is 0 Å². The summed E-state index contributed by atoms with van der Waals surface area (Å²) in [6, 6.07) is 3.63. The first kappa shape index (κ1) is 16.3. The third kappa shape index (κ3) is 3.67. The number of nitrogens with one attached hydrogen (secondary N) is 2. The van der Waals surface area contributed by atoms with Crippen molar-refractivity contribution in [3.8, 4) is 11.6 Å². The molecule has 0 aliphatic heterocycles. The molecule has 2 aromatic rings. The van der Waals surface area contributed by atoms with Crippen LogP contribution in [0.15, 0.2) is 18.3 Å². The highest BCUT2D eigenvalue weighted by Crippen LogP contribution is 2.33. The number of amides is 1. The monoisotopic (exact) mass is 330 g/mol. The van der Waals surface area contributed by atoms with E-state index in [1.54, 1.807) is 19.4 Å². The normalized spacial score (nSPS) is 14.6. The number of methoxy groups -OCH3 is 2. The Morgan fingerprint density at radius 2 is 2.08 bits per heavy atom. The Kier molecular flexibility index (Phi) is 4.98. The van der Waals surface area contributed by atoms with Crippen LogP contribution in [0, 0.1) is 0 Å². The van der Waals surface area contributed by atoms with Crippen molar-refractivity contribution in [1.29, 1.82) is 0 Å². The van der Waals surface area contributed by atoms with Gasteiger partial charge in [-0.3, -0.25) is 9.89 Å². The summed E-state index contributed by atoms with van der Waals surface area (Å²) in [6.45, 7) is 0. The maximum Gasteiger partial charge on any atom is 0.230 e. The minimum atomic E-state index is -0.161. The third-order valence-electron chi connectivity index (χ3n) is 4.36. The van der Waals surface area contributed by atoms with Gasteiger partial charge in [-0.25, -0.2) is 4.98 Å². The van der Waals surface area contributed by atoms with Crippen LogP contribution in [0.25, 0.3) is 0 Å². The molecule has 24 heavy (non-hydrogen) atoms. The molecule has 2 N–H and O–H groups in total. The molecule has 0 atom stereocenters. The summed E-state index contributed by atoms with van der Waals surface area (Å²) in [5, 5.41) is 10.1. The molecule has 7 nitrogen and oxygen atoms in total. The molecule has 2 aromatic heterocycles. The number of hydrogen-bond donors (Lipinski definition) is 2. The summed E-state index contributed by atoms with van der Waals surface area (Å²) in [7, 11) is 3.08. The van der Waals surface area contributed by atoms with Gasteiger partial charge in [-0.2, -0.15) is 5.10 Å². The van der Waals surface area contributed by atoms with Gasteiger partial charge in [0.25, 0.3) is 0 Å². The molecule has 1 saturated carbocycles. The van der Waals surface area contributed by atoms with E-state index in [4.69, 9.17) is 9.47 Å². The summed E-state index contributed by atoms with van der Waals surface area (Å²) >= 11 is 0. The number of carbonyl (C=O) groups excluding carboxylic acids is 1. The second-order valence-corrected chi connectivity index (χ2v) is 5.95. The van der Waals surface area contributed by atoms with Gasteiger partial charge in [0, 0.05) is 29.3 Å². The maximum absolute atomic E-state index is 12.3. The van der Waals surface area contributed by atoms with Gasteiger partial charge < -0.3 is 14.8 Å². The van der Waals surface area contributed by atoms with Crippen molar-refractivity contribution < 1.29 is 14.3 Å². The quantitative estimate of drug-likeness (QED) is 0.850. The van der Waals surface area contributed by atoms with E-state index in [9.17, 15) is 4.79 Å². The zero-order valence-electron chi connectivity index (χ0n) is 14.0. The van der Waals surface area contributed by atoms with Crippen LogP contribution in [0.5, 0.6) is 11.6 Å². The number of aromatic nitrogens is 3. The predicted octanol–water partition coefficient (Wildman–Crippen LogP) is 2.66. The van der Waals surface area contributed by atoms with Crippen LogP contribution in [0.2, 0.25) is 0 Å². The van der Waals surface area contributed by atoms with Gasteiger partial charge in [0.2, 0.25) is 11.8 Å².